The summed E-state index contributed by atoms with van der Waals surface area (Å²) in [6.07, 6.45) is 0.452. The van der Waals surface area contributed by atoms with Crippen molar-refractivity contribution in [3.63, 3.8) is 0 Å². The first-order chi connectivity index (χ1) is 7.49. The molecule has 0 spiro atoms. The zero-order valence-electron chi connectivity index (χ0n) is 10.1. The third kappa shape index (κ3) is 3.89. The molecule has 0 fully saturated rings. The lowest BCUT2D eigenvalue weighted by Crippen LogP contribution is -2.14. The van der Waals surface area contributed by atoms with Crippen LogP contribution >= 0.6 is 0 Å². The Balaban J connectivity index is 2.57. The van der Waals surface area contributed by atoms with Gasteiger partial charge in [0.05, 0.1) is 6.10 Å². The normalized spacial score (nSPS) is 10.2. The van der Waals surface area contributed by atoms with E-state index in [1.807, 2.05) is 45.0 Å². The van der Waals surface area contributed by atoms with Gasteiger partial charge in [-0.15, -0.1) is 0 Å². The van der Waals surface area contributed by atoms with E-state index in [0.29, 0.717) is 12.0 Å². The number of esters is 1. The van der Waals surface area contributed by atoms with Crippen molar-refractivity contribution < 1.29 is 9.53 Å². The van der Waals surface area contributed by atoms with Crippen molar-refractivity contribution in [3.8, 4) is 0 Å². The van der Waals surface area contributed by atoms with E-state index in [-0.39, 0.29) is 12.1 Å². The highest BCUT2D eigenvalue weighted by atomic mass is 16.5. The van der Waals surface area contributed by atoms with Gasteiger partial charge in [0.15, 0.2) is 0 Å². The van der Waals surface area contributed by atoms with Gasteiger partial charge >= 0.3 is 5.97 Å². The predicted octanol–water partition coefficient (Wildman–Crippen LogP) is 3.05. The van der Waals surface area contributed by atoms with Crippen LogP contribution in [0.1, 0.15) is 25.0 Å². The maximum atomic E-state index is 11.5. The average Bonchev–Trinajstić information content (AvgIpc) is 2.20. The lowest BCUT2D eigenvalue weighted by Gasteiger charge is -2.09. The minimum atomic E-state index is -0.310. The fraction of sp³-hybridized carbons (Fsp3) is 0.357. The maximum absolute atomic E-state index is 11.5. The van der Waals surface area contributed by atoms with Crippen molar-refractivity contribution in [3.05, 3.63) is 47.5 Å². The molecule has 1 rings (SSSR count). The quantitative estimate of drug-likeness (QED) is 0.573. The van der Waals surface area contributed by atoms with Crippen molar-refractivity contribution in [2.45, 2.75) is 33.3 Å². The van der Waals surface area contributed by atoms with Gasteiger partial charge in [0.1, 0.15) is 0 Å². The summed E-state index contributed by atoms with van der Waals surface area (Å²) in [6, 6.07) is 8.05. The Morgan fingerprint density at radius 2 is 1.88 bits per heavy atom. The summed E-state index contributed by atoms with van der Waals surface area (Å²) in [5.41, 5.74) is 2.79. The minimum Gasteiger partial charge on any atom is -0.460 e. The van der Waals surface area contributed by atoms with Crippen LogP contribution in [0.15, 0.2) is 36.4 Å². The molecule has 86 valence electrons. The molecule has 1 aromatic carbocycles. The van der Waals surface area contributed by atoms with Crippen LogP contribution in [0.25, 0.3) is 0 Å². The maximum Gasteiger partial charge on any atom is 0.333 e. The van der Waals surface area contributed by atoms with E-state index in [9.17, 15) is 4.79 Å². The van der Waals surface area contributed by atoms with E-state index in [1.54, 1.807) is 0 Å². The third-order valence-corrected chi connectivity index (χ3v) is 2.17. The molecule has 0 saturated heterocycles. The van der Waals surface area contributed by atoms with Crippen LogP contribution in [0.3, 0.4) is 0 Å². The SMILES string of the molecule is C=C(Cc1ccc(C)cc1)C(=O)OC(C)C. The number of carbonyl (C=O) groups excluding carboxylic acids is 1. The van der Waals surface area contributed by atoms with E-state index in [0.717, 1.165) is 5.56 Å². The molecule has 0 atom stereocenters. The summed E-state index contributed by atoms with van der Waals surface area (Å²) in [4.78, 5) is 11.5. The van der Waals surface area contributed by atoms with Crippen LogP contribution in [0.5, 0.6) is 0 Å². The number of ether oxygens (including phenoxy) is 1. The highest BCUT2D eigenvalue weighted by Crippen LogP contribution is 2.10. The molecule has 2 nitrogen and oxygen atoms in total. The Labute approximate surface area is 96.9 Å². The summed E-state index contributed by atoms with van der Waals surface area (Å²) >= 11 is 0. The van der Waals surface area contributed by atoms with Crippen molar-refractivity contribution in [2.75, 3.05) is 0 Å². The van der Waals surface area contributed by atoms with Crippen molar-refractivity contribution in [1.29, 1.82) is 0 Å². The molecule has 1 aromatic rings. The largest absolute Gasteiger partial charge is 0.460 e. The number of carbonyl (C=O) groups is 1. The number of hydrogen-bond acceptors (Lipinski definition) is 2. The van der Waals surface area contributed by atoms with Crippen molar-refractivity contribution >= 4 is 5.97 Å². The Morgan fingerprint density at radius 1 is 1.31 bits per heavy atom. The van der Waals surface area contributed by atoms with Crippen LogP contribution in [-0.4, -0.2) is 12.1 Å². The van der Waals surface area contributed by atoms with Gasteiger partial charge in [-0.3, -0.25) is 0 Å². The van der Waals surface area contributed by atoms with E-state index in [1.165, 1.54) is 5.56 Å². The van der Waals surface area contributed by atoms with Gasteiger partial charge in [0.25, 0.3) is 0 Å². The van der Waals surface area contributed by atoms with Crippen LogP contribution < -0.4 is 0 Å². The predicted molar refractivity (Wildman–Crippen MR) is 65.3 cm³/mol. The van der Waals surface area contributed by atoms with Gasteiger partial charge in [0.2, 0.25) is 0 Å². The number of benzene rings is 1. The molecule has 2 heteroatoms. The number of hydrogen-bond donors (Lipinski definition) is 0. The van der Waals surface area contributed by atoms with Crippen LogP contribution in [0.2, 0.25) is 0 Å². The van der Waals surface area contributed by atoms with Crippen molar-refractivity contribution in [1.82, 2.24) is 0 Å². The average molecular weight is 218 g/mol. The monoisotopic (exact) mass is 218 g/mol. The van der Waals surface area contributed by atoms with Gasteiger partial charge in [-0.2, -0.15) is 0 Å². The second-order valence-electron chi connectivity index (χ2n) is 4.22. The van der Waals surface area contributed by atoms with Crippen LogP contribution in [0, 0.1) is 6.92 Å². The lowest BCUT2D eigenvalue weighted by molar-refractivity contribution is -0.142. The molecular weight excluding hydrogens is 200 g/mol. The molecule has 16 heavy (non-hydrogen) atoms. The first kappa shape index (κ1) is 12.5. The molecule has 0 unspecified atom stereocenters. The molecule has 0 saturated carbocycles. The Kier molecular flexibility index (Phi) is 4.29. The lowest BCUT2D eigenvalue weighted by atomic mass is 10.1. The fourth-order valence-corrected chi connectivity index (χ4v) is 1.32. The zero-order chi connectivity index (χ0) is 12.1. The molecule has 0 bridgehead atoms. The van der Waals surface area contributed by atoms with Crippen molar-refractivity contribution in [2.24, 2.45) is 0 Å². The topological polar surface area (TPSA) is 26.3 Å². The fourth-order valence-electron chi connectivity index (χ4n) is 1.32. The summed E-state index contributed by atoms with van der Waals surface area (Å²) < 4.78 is 5.07. The molecule has 0 aliphatic carbocycles. The van der Waals surface area contributed by atoms with Gasteiger partial charge in [0, 0.05) is 12.0 Å². The second kappa shape index (κ2) is 5.50. The van der Waals surface area contributed by atoms with Gasteiger partial charge in [-0.25, -0.2) is 4.79 Å². The van der Waals surface area contributed by atoms with Gasteiger partial charge in [-0.1, -0.05) is 36.4 Å². The van der Waals surface area contributed by atoms with Gasteiger partial charge < -0.3 is 4.74 Å². The van der Waals surface area contributed by atoms with E-state index in [4.69, 9.17) is 4.74 Å². The molecule has 0 heterocycles. The van der Waals surface area contributed by atoms with Crippen LogP contribution in [0.4, 0.5) is 0 Å². The third-order valence-electron chi connectivity index (χ3n) is 2.17. The standard InChI is InChI=1S/C14H18O2/c1-10(2)16-14(15)12(4)9-13-7-5-11(3)6-8-13/h5-8,10H,4,9H2,1-3H3. The summed E-state index contributed by atoms with van der Waals surface area (Å²) in [5, 5.41) is 0. The second-order valence-corrected chi connectivity index (χ2v) is 4.22. The highest BCUT2D eigenvalue weighted by molar-refractivity contribution is 5.88. The van der Waals surface area contributed by atoms with E-state index >= 15 is 0 Å². The summed E-state index contributed by atoms with van der Waals surface area (Å²) in [7, 11) is 0. The zero-order valence-corrected chi connectivity index (χ0v) is 10.1. The molecular formula is C14H18O2. The first-order valence-electron chi connectivity index (χ1n) is 5.43. The number of rotatable bonds is 4. The molecule has 0 aliphatic heterocycles. The summed E-state index contributed by atoms with van der Waals surface area (Å²) in [6.45, 7) is 9.45. The molecule has 0 radical (unpaired) electrons. The highest BCUT2D eigenvalue weighted by Gasteiger charge is 2.10. The van der Waals surface area contributed by atoms with Gasteiger partial charge in [-0.05, 0) is 26.3 Å². The molecule has 0 amide bonds. The molecule has 0 N–H and O–H groups in total. The van der Waals surface area contributed by atoms with E-state index < -0.39 is 0 Å². The molecule has 0 aliphatic rings. The first-order valence-corrected chi connectivity index (χ1v) is 5.43. The smallest absolute Gasteiger partial charge is 0.333 e. The summed E-state index contributed by atoms with van der Waals surface area (Å²) in [5.74, 6) is -0.310. The Hall–Kier alpha value is -1.57. The van der Waals surface area contributed by atoms with Crippen LogP contribution in [-0.2, 0) is 16.0 Å². The number of aryl methyl sites for hydroxylation is 1. The Bertz CT molecular complexity index is 374. The van der Waals surface area contributed by atoms with E-state index in [2.05, 4.69) is 6.58 Å². The molecule has 0 aromatic heterocycles. The Morgan fingerprint density at radius 3 is 2.38 bits per heavy atom. The minimum absolute atomic E-state index is 0.0951.